The van der Waals surface area contributed by atoms with Gasteiger partial charge >= 0.3 is 5.97 Å². The molecule has 3 heterocycles. The van der Waals surface area contributed by atoms with Crippen LogP contribution in [0.4, 0.5) is 10.1 Å². The molecule has 1 amide bonds. The molecule has 3 aromatic carbocycles. The number of hydrogen-bond donors (Lipinski definition) is 2. The number of nitrogens with zero attached hydrogens (tertiary/aromatic N) is 2. The van der Waals surface area contributed by atoms with Gasteiger partial charge in [-0.25, -0.2) is 9.18 Å². The van der Waals surface area contributed by atoms with Gasteiger partial charge in [0.05, 0.1) is 35.3 Å². The Morgan fingerprint density at radius 1 is 1.14 bits per heavy atom. The molecule has 6 rings (SSSR count). The van der Waals surface area contributed by atoms with Crippen molar-refractivity contribution in [3.8, 4) is 0 Å². The Labute approximate surface area is 221 Å². The van der Waals surface area contributed by atoms with Crippen molar-refractivity contribution in [1.82, 2.24) is 15.1 Å². The number of aromatic nitrogens is 2. The Bertz CT molecular complexity index is 1570. The Kier molecular flexibility index (Phi) is 5.90. The zero-order valence-corrected chi connectivity index (χ0v) is 21.1. The number of amides is 1. The molecule has 0 radical (unpaired) electrons. The molecule has 37 heavy (non-hydrogen) atoms. The van der Waals surface area contributed by atoms with E-state index in [1.54, 1.807) is 48.5 Å². The summed E-state index contributed by atoms with van der Waals surface area (Å²) in [5.41, 5.74) is 2.86. The van der Waals surface area contributed by atoms with Crippen molar-refractivity contribution in [2.24, 2.45) is 0 Å². The van der Waals surface area contributed by atoms with Crippen LogP contribution < -0.4 is 10.6 Å². The molecule has 1 fully saturated rings. The largest absolute Gasteiger partial charge is 0.465 e. The highest BCUT2D eigenvalue weighted by Crippen LogP contribution is 2.48. The lowest BCUT2D eigenvalue weighted by atomic mass is 9.86. The molecular formula is C27H21Cl2FN4O3. The van der Waals surface area contributed by atoms with Gasteiger partial charge in [0.1, 0.15) is 5.82 Å². The lowest BCUT2D eigenvalue weighted by Crippen LogP contribution is -2.42. The highest BCUT2D eigenvalue weighted by molar-refractivity contribution is 6.31. The molecule has 0 saturated carbocycles. The number of methoxy groups -OCH3 is 1. The van der Waals surface area contributed by atoms with Crippen LogP contribution in [0.15, 0.2) is 60.7 Å². The van der Waals surface area contributed by atoms with Crippen LogP contribution in [-0.4, -0.2) is 40.9 Å². The molecule has 2 aliphatic heterocycles. The summed E-state index contributed by atoms with van der Waals surface area (Å²) in [7, 11) is 1.33. The average molecular weight is 539 g/mol. The maximum absolute atomic E-state index is 15.4. The van der Waals surface area contributed by atoms with Gasteiger partial charge in [0.25, 0.3) is 0 Å². The normalized spacial score (nSPS) is 22.1. The van der Waals surface area contributed by atoms with E-state index in [0.29, 0.717) is 33.8 Å². The second-order valence-electron chi connectivity index (χ2n) is 9.23. The fourth-order valence-electron chi connectivity index (χ4n) is 5.61. The van der Waals surface area contributed by atoms with Gasteiger partial charge in [-0.05, 0) is 42.0 Å². The van der Waals surface area contributed by atoms with Crippen molar-refractivity contribution in [2.45, 2.75) is 30.5 Å². The number of nitrogens with one attached hydrogen (secondary N) is 2. The van der Waals surface area contributed by atoms with Crippen molar-refractivity contribution >= 4 is 51.7 Å². The molecule has 2 N–H and O–H groups in total. The molecule has 1 aromatic heterocycles. The summed E-state index contributed by atoms with van der Waals surface area (Å²) in [6.45, 7) is 0. The molecule has 188 valence electrons. The summed E-state index contributed by atoms with van der Waals surface area (Å²) in [6.07, 6.45) is 0.582. The predicted octanol–water partition coefficient (Wildman–Crippen LogP) is 5.13. The van der Waals surface area contributed by atoms with Crippen LogP contribution in [-0.2, 0) is 16.0 Å². The molecule has 1 saturated heterocycles. The van der Waals surface area contributed by atoms with E-state index in [0.717, 1.165) is 11.1 Å². The van der Waals surface area contributed by atoms with Crippen LogP contribution in [0, 0.1) is 5.82 Å². The standard InChI is InChI=1S/C27H21Cl2FN4O3/c1-37-27(36)13-8-9-16-19(10-13)33-34-21(16)12-20-25(34)22(17-6-3-7-18(29)23(17)30)24(32-20)26(35)31-15-5-2-4-14(28)11-15/h2-11,20,22,24-25,32H,12H2,1H3,(H,31,35)/t20-,22+,24+,25+/m0/s1. The molecule has 0 unspecified atom stereocenters. The third-order valence-electron chi connectivity index (χ3n) is 7.17. The first-order valence-electron chi connectivity index (χ1n) is 11.7. The lowest BCUT2D eigenvalue weighted by molar-refractivity contribution is -0.118. The van der Waals surface area contributed by atoms with E-state index in [2.05, 4.69) is 10.6 Å². The van der Waals surface area contributed by atoms with Crippen LogP contribution in [0.5, 0.6) is 0 Å². The number of esters is 1. The van der Waals surface area contributed by atoms with Crippen LogP contribution in [0.1, 0.15) is 33.6 Å². The first-order chi connectivity index (χ1) is 17.9. The molecule has 10 heteroatoms. The van der Waals surface area contributed by atoms with E-state index in [9.17, 15) is 9.59 Å². The molecule has 4 atom stereocenters. The zero-order valence-electron chi connectivity index (χ0n) is 19.5. The first-order valence-corrected chi connectivity index (χ1v) is 12.5. The van der Waals surface area contributed by atoms with E-state index < -0.39 is 23.7 Å². The summed E-state index contributed by atoms with van der Waals surface area (Å²) < 4.78 is 22.1. The molecule has 4 aromatic rings. The van der Waals surface area contributed by atoms with E-state index >= 15 is 4.39 Å². The number of anilines is 1. The molecule has 2 aliphatic rings. The van der Waals surface area contributed by atoms with Crippen LogP contribution in [0.2, 0.25) is 10.0 Å². The van der Waals surface area contributed by atoms with Gasteiger partial charge in [-0.3, -0.25) is 14.8 Å². The van der Waals surface area contributed by atoms with Crippen LogP contribution >= 0.6 is 23.2 Å². The second-order valence-corrected chi connectivity index (χ2v) is 10.1. The Morgan fingerprint density at radius 3 is 2.73 bits per heavy atom. The number of ether oxygens (including phenoxy) is 1. The van der Waals surface area contributed by atoms with Gasteiger partial charge in [-0.1, -0.05) is 47.5 Å². The molecule has 0 aliphatic carbocycles. The minimum atomic E-state index is -0.756. The number of benzene rings is 3. The topological polar surface area (TPSA) is 85.2 Å². The Morgan fingerprint density at radius 2 is 1.95 bits per heavy atom. The van der Waals surface area contributed by atoms with Crippen molar-refractivity contribution in [2.75, 3.05) is 12.4 Å². The molecule has 0 spiro atoms. The van der Waals surface area contributed by atoms with Gasteiger partial charge in [0, 0.05) is 40.2 Å². The maximum Gasteiger partial charge on any atom is 0.337 e. The smallest absolute Gasteiger partial charge is 0.337 e. The minimum Gasteiger partial charge on any atom is -0.465 e. The van der Waals surface area contributed by atoms with Crippen molar-refractivity contribution in [3.05, 3.63) is 93.3 Å². The van der Waals surface area contributed by atoms with Crippen molar-refractivity contribution in [3.63, 3.8) is 0 Å². The van der Waals surface area contributed by atoms with E-state index in [4.69, 9.17) is 33.0 Å². The Balaban J connectivity index is 1.43. The summed E-state index contributed by atoms with van der Waals surface area (Å²) >= 11 is 12.2. The van der Waals surface area contributed by atoms with E-state index in [-0.39, 0.29) is 23.0 Å². The molecule has 7 nitrogen and oxygen atoms in total. The monoisotopic (exact) mass is 538 g/mol. The fourth-order valence-corrected chi connectivity index (χ4v) is 5.98. The van der Waals surface area contributed by atoms with Crippen LogP contribution in [0.3, 0.4) is 0 Å². The second kappa shape index (κ2) is 9.13. The molecular weight excluding hydrogens is 518 g/mol. The number of carbonyl (C=O) groups is 2. The van der Waals surface area contributed by atoms with Crippen molar-refractivity contribution < 1.29 is 18.7 Å². The van der Waals surface area contributed by atoms with Gasteiger partial charge in [0.15, 0.2) is 0 Å². The zero-order chi connectivity index (χ0) is 25.8. The fraction of sp³-hybridized carbons (Fsp3) is 0.222. The third-order valence-corrected chi connectivity index (χ3v) is 7.69. The highest BCUT2D eigenvalue weighted by Gasteiger charge is 2.53. The lowest BCUT2D eigenvalue weighted by Gasteiger charge is -2.25. The molecule has 0 bridgehead atoms. The summed E-state index contributed by atoms with van der Waals surface area (Å²) in [5.74, 6) is -1.92. The SMILES string of the molecule is COC(=O)c1ccc2c3n(nc2c1)[C@H]1[C@H](c2cccc(Cl)c2F)[C@H](C(=O)Nc2cccc(Cl)c2)N[C@H]1C3. The number of fused-ring (bicyclic) bond motifs is 5. The summed E-state index contributed by atoms with van der Waals surface area (Å²) in [6, 6.07) is 15.6. The van der Waals surface area contributed by atoms with Crippen molar-refractivity contribution in [1.29, 1.82) is 0 Å². The summed E-state index contributed by atoms with van der Waals surface area (Å²) in [4.78, 5) is 25.6. The Hall–Kier alpha value is -3.46. The van der Waals surface area contributed by atoms with E-state index in [1.165, 1.54) is 13.2 Å². The average Bonchev–Trinajstić information content (AvgIpc) is 3.53. The van der Waals surface area contributed by atoms with Gasteiger partial charge in [0.2, 0.25) is 5.91 Å². The quantitative estimate of drug-likeness (QED) is 0.352. The summed E-state index contributed by atoms with van der Waals surface area (Å²) in [5, 5.41) is 12.5. The highest BCUT2D eigenvalue weighted by atomic mass is 35.5. The number of carbonyl (C=O) groups excluding carboxylic acids is 2. The maximum atomic E-state index is 15.4. The predicted molar refractivity (Wildman–Crippen MR) is 139 cm³/mol. The minimum absolute atomic E-state index is 0.0125. The van der Waals surface area contributed by atoms with E-state index in [1.807, 2.05) is 10.7 Å². The van der Waals surface area contributed by atoms with Gasteiger partial charge in [-0.2, -0.15) is 5.10 Å². The van der Waals surface area contributed by atoms with Gasteiger partial charge < -0.3 is 10.1 Å². The number of halogens is 3. The number of hydrogen-bond acceptors (Lipinski definition) is 5. The third kappa shape index (κ3) is 3.96. The first kappa shape index (κ1) is 23.9. The number of rotatable bonds is 4. The van der Waals surface area contributed by atoms with Gasteiger partial charge in [-0.15, -0.1) is 0 Å². The van der Waals surface area contributed by atoms with Crippen LogP contribution in [0.25, 0.3) is 10.9 Å².